The topological polar surface area (TPSA) is 86.8 Å². The molecule has 1 aliphatic carbocycles. The third-order valence-electron chi connectivity index (χ3n) is 8.38. The molecule has 46 heavy (non-hydrogen) atoms. The van der Waals surface area contributed by atoms with Crippen LogP contribution in [0.15, 0.2) is 108 Å². The summed E-state index contributed by atoms with van der Waals surface area (Å²) in [5, 5.41) is 3.59. The molecule has 0 aliphatic heterocycles. The van der Waals surface area contributed by atoms with E-state index < -0.39 is 28.5 Å². The van der Waals surface area contributed by atoms with Crippen LogP contribution >= 0.6 is 23.2 Å². The average Bonchev–Trinajstić information content (AvgIpc) is 3.57. The number of rotatable bonds is 12. The summed E-state index contributed by atoms with van der Waals surface area (Å²) >= 11 is 12.5. The number of carbonyl (C=O) groups is 2. The van der Waals surface area contributed by atoms with Gasteiger partial charge in [0.05, 0.1) is 20.6 Å². The second-order valence-electron chi connectivity index (χ2n) is 11.6. The number of anilines is 1. The highest BCUT2D eigenvalue weighted by atomic mass is 35.5. The molecule has 0 spiro atoms. The second-order valence-corrected chi connectivity index (χ2v) is 14.2. The molecule has 4 aromatic carbocycles. The van der Waals surface area contributed by atoms with Crippen molar-refractivity contribution < 1.29 is 18.0 Å². The Morgan fingerprint density at radius 2 is 1.48 bits per heavy atom. The maximum atomic E-state index is 14.6. The van der Waals surface area contributed by atoms with Gasteiger partial charge in [-0.2, -0.15) is 0 Å². The van der Waals surface area contributed by atoms with E-state index in [1.807, 2.05) is 61.5 Å². The van der Waals surface area contributed by atoms with Crippen molar-refractivity contribution in [1.29, 1.82) is 0 Å². The molecule has 1 N–H and O–H groups in total. The molecule has 2 amide bonds. The van der Waals surface area contributed by atoms with Gasteiger partial charge in [0, 0.05) is 19.0 Å². The van der Waals surface area contributed by atoms with Gasteiger partial charge in [0.25, 0.3) is 10.0 Å². The fourth-order valence-corrected chi connectivity index (χ4v) is 7.50. The van der Waals surface area contributed by atoms with E-state index in [1.165, 1.54) is 35.2 Å². The van der Waals surface area contributed by atoms with E-state index in [9.17, 15) is 18.0 Å². The van der Waals surface area contributed by atoms with E-state index >= 15 is 0 Å². The van der Waals surface area contributed by atoms with Gasteiger partial charge in [0.15, 0.2) is 0 Å². The van der Waals surface area contributed by atoms with Crippen LogP contribution < -0.4 is 9.62 Å². The Morgan fingerprint density at radius 3 is 2.13 bits per heavy atom. The number of halogens is 2. The normalized spacial score (nSPS) is 14.1. The van der Waals surface area contributed by atoms with E-state index in [4.69, 9.17) is 23.2 Å². The molecular weight excluding hydrogens is 641 g/mol. The van der Waals surface area contributed by atoms with Gasteiger partial charge in [0.1, 0.15) is 12.6 Å². The fourth-order valence-electron chi connectivity index (χ4n) is 5.78. The quantitative estimate of drug-likeness (QED) is 0.172. The molecule has 1 atom stereocenters. The lowest BCUT2D eigenvalue weighted by Gasteiger charge is -2.34. The number of sulfonamides is 1. The summed E-state index contributed by atoms with van der Waals surface area (Å²) in [6.07, 6.45) is 4.10. The predicted octanol–water partition coefficient (Wildman–Crippen LogP) is 7.20. The van der Waals surface area contributed by atoms with Gasteiger partial charge in [-0.1, -0.05) is 109 Å². The number of amides is 2. The van der Waals surface area contributed by atoms with Crippen molar-refractivity contribution in [1.82, 2.24) is 10.2 Å². The lowest BCUT2D eigenvalue weighted by molar-refractivity contribution is -0.140. The molecule has 7 nitrogen and oxygen atoms in total. The molecule has 5 rings (SSSR count). The second kappa shape index (κ2) is 15.2. The molecule has 240 valence electrons. The zero-order chi connectivity index (χ0) is 32.7. The molecule has 0 aromatic heterocycles. The summed E-state index contributed by atoms with van der Waals surface area (Å²) in [4.78, 5) is 30.3. The highest BCUT2D eigenvalue weighted by Crippen LogP contribution is 2.31. The SMILES string of the molecule is Cc1ccccc1CN(C(=O)CN(c1ccc(Cl)c(Cl)c1)S(=O)(=O)c1ccccc1)[C@H](Cc1ccccc1)C(=O)NC1CCCC1. The minimum atomic E-state index is -4.23. The third-order valence-corrected chi connectivity index (χ3v) is 10.9. The standard InChI is InChI=1S/C36H37Cl2N3O4S/c1-26-12-8-9-15-28(26)24-40(34(22-27-13-4-2-5-14-27)36(43)39-29-16-10-11-17-29)35(42)25-41(30-20-21-32(37)33(38)23-30)46(44,45)31-18-6-3-7-19-31/h2-9,12-15,18-21,23,29,34H,10-11,16-17,22,24-25H2,1H3,(H,39,43)/t34-/m1/s1. The van der Waals surface area contributed by atoms with Crippen molar-refractivity contribution in [3.63, 3.8) is 0 Å². The Hall–Kier alpha value is -3.85. The Balaban J connectivity index is 1.58. The van der Waals surface area contributed by atoms with Crippen molar-refractivity contribution in [3.05, 3.63) is 130 Å². The molecule has 1 saturated carbocycles. The van der Waals surface area contributed by atoms with Crippen LogP contribution in [-0.2, 0) is 32.6 Å². The zero-order valence-electron chi connectivity index (χ0n) is 25.6. The van der Waals surface area contributed by atoms with Crippen molar-refractivity contribution in [2.45, 2.75) is 62.6 Å². The minimum Gasteiger partial charge on any atom is -0.352 e. The average molecular weight is 679 g/mol. The van der Waals surface area contributed by atoms with E-state index in [1.54, 1.807) is 18.2 Å². The number of hydrogen-bond acceptors (Lipinski definition) is 4. The number of benzene rings is 4. The van der Waals surface area contributed by atoms with Crippen LogP contribution in [0.25, 0.3) is 0 Å². The summed E-state index contributed by atoms with van der Waals surface area (Å²) in [6.45, 7) is 1.50. The van der Waals surface area contributed by atoms with E-state index in [0.29, 0.717) is 0 Å². The summed E-state index contributed by atoms with van der Waals surface area (Å²) in [5.74, 6) is -0.791. The summed E-state index contributed by atoms with van der Waals surface area (Å²) in [5.41, 5.74) is 2.87. The van der Waals surface area contributed by atoms with Crippen LogP contribution in [0.1, 0.15) is 42.4 Å². The Morgan fingerprint density at radius 1 is 0.848 bits per heavy atom. The van der Waals surface area contributed by atoms with Crippen molar-refractivity contribution in [2.75, 3.05) is 10.8 Å². The molecule has 4 aromatic rings. The Labute approximate surface area is 281 Å². The number of nitrogens with one attached hydrogen (secondary N) is 1. The lowest BCUT2D eigenvalue weighted by atomic mass is 10.0. The number of aryl methyl sites for hydroxylation is 1. The van der Waals surface area contributed by atoms with Gasteiger partial charge in [-0.3, -0.25) is 13.9 Å². The molecule has 0 bridgehead atoms. The Kier molecular flexibility index (Phi) is 11.0. The van der Waals surface area contributed by atoms with Gasteiger partial charge in [0.2, 0.25) is 11.8 Å². The molecule has 0 heterocycles. The van der Waals surface area contributed by atoms with Crippen LogP contribution in [0.5, 0.6) is 0 Å². The number of hydrogen-bond donors (Lipinski definition) is 1. The highest BCUT2D eigenvalue weighted by Gasteiger charge is 2.35. The molecule has 0 unspecified atom stereocenters. The molecule has 1 fully saturated rings. The van der Waals surface area contributed by atoms with Crippen molar-refractivity contribution in [2.24, 2.45) is 0 Å². The summed E-state index contributed by atoms with van der Waals surface area (Å²) < 4.78 is 29.3. The number of carbonyl (C=O) groups excluding carboxylic acids is 2. The van der Waals surface area contributed by atoms with Crippen LogP contribution in [-0.4, -0.2) is 43.8 Å². The van der Waals surface area contributed by atoms with Crippen LogP contribution in [0, 0.1) is 6.92 Å². The molecular formula is C36H37Cl2N3O4S. The van der Waals surface area contributed by atoms with E-state index in [2.05, 4.69) is 5.32 Å². The highest BCUT2D eigenvalue weighted by molar-refractivity contribution is 7.92. The van der Waals surface area contributed by atoms with Crippen LogP contribution in [0.3, 0.4) is 0 Å². The van der Waals surface area contributed by atoms with Crippen molar-refractivity contribution >= 4 is 50.7 Å². The maximum Gasteiger partial charge on any atom is 0.264 e. The molecule has 0 radical (unpaired) electrons. The first-order valence-electron chi connectivity index (χ1n) is 15.3. The van der Waals surface area contributed by atoms with Gasteiger partial charge < -0.3 is 10.2 Å². The number of nitrogens with zero attached hydrogens (tertiary/aromatic N) is 2. The summed E-state index contributed by atoms with van der Waals surface area (Å²) in [6, 6.07) is 28.7. The summed E-state index contributed by atoms with van der Waals surface area (Å²) in [7, 11) is -4.23. The van der Waals surface area contributed by atoms with Crippen molar-refractivity contribution in [3.8, 4) is 0 Å². The van der Waals surface area contributed by atoms with Crippen LogP contribution in [0.2, 0.25) is 10.0 Å². The Bertz CT molecular complexity index is 1760. The smallest absolute Gasteiger partial charge is 0.264 e. The molecule has 0 saturated heterocycles. The third kappa shape index (κ3) is 8.10. The first-order chi connectivity index (χ1) is 22.1. The first-order valence-corrected chi connectivity index (χ1v) is 17.5. The van der Waals surface area contributed by atoms with Crippen LogP contribution in [0.4, 0.5) is 5.69 Å². The fraction of sp³-hybridized carbons (Fsp3) is 0.278. The first kappa shape index (κ1) is 33.5. The van der Waals surface area contributed by atoms with Gasteiger partial charge >= 0.3 is 0 Å². The molecule has 1 aliphatic rings. The van der Waals surface area contributed by atoms with Gasteiger partial charge in [-0.05, 0) is 66.8 Å². The van der Waals surface area contributed by atoms with E-state index in [-0.39, 0.29) is 45.5 Å². The van der Waals surface area contributed by atoms with Gasteiger partial charge in [-0.15, -0.1) is 0 Å². The monoisotopic (exact) mass is 677 g/mol. The minimum absolute atomic E-state index is 0.0131. The predicted molar refractivity (Wildman–Crippen MR) is 183 cm³/mol. The largest absolute Gasteiger partial charge is 0.352 e. The van der Waals surface area contributed by atoms with E-state index in [0.717, 1.165) is 46.7 Å². The zero-order valence-corrected chi connectivity index (χ0v) is 27.9. The maximum absolute atomic E-state index is 14.6. The molecule has 10 heteroatoms. The van der Waals surface area contributed by atoms with Gasteiger partial charge in [-0.25, -0.2) is 8.42 Å². The lowest BCUT2D eigenvalue weighted by Crippen LogP contribution is -2.54.